The van der Waals surface area contributed by atoms with Gasteiger partial charge in [0.2, 0.25) is 5.60 Å². The molecule has 0 aliphatic carbocycles. The van der Waals surface area contributed by atoms with E-state index in [1.54, 1.807) is 0 Å². The Balaban J connectivity index is 2.27. The van der Waals surface area contributed by atoms with Crippen LogP contribution in [-0.2, 0) is 16.0 Å². The molecule has 2 N–H and O–H groups in total. The zero-order chi connectivity index (χ0) is 14.8. The van der Waals surface area contributed by atoms with Gasteiger partial charge in [0.25, 0.3) is 5.91 Å². The number of ether oxygens (including phenoxy) is 1. The standard InChI is InChI=1S/C13H15N3O4/c1-13(20-12(18)15-19)10(14-16(2)11(13)17)8-9-6-4-3-5-7-9/h3-7,19H,8H2,1-2H3,(H,15,18). The second-order valence-electron chi connectivity index (χ2n) is 4.57. The Morgan fingerprint density at radius 3 is 2.70 bits per heavy atom. The van der Waals surface area contributed by atoms with Crippen LogP contribution in [0.15, 0.2) is 35.4 Å². The van der Waals surface area contributed by atoms with E-state index in [4.69, 9.17) is 9.94 Å². The summed E-state index contributed by atoms with van der Waals surface area (Å²) in [5.41, 5.74) is 1.17. The maximum Gasteiger partial charge on any atom is 0.432 e. The third-order valence-electron chi connectivity index (χ3n) is 3.13. The van der Waals surface area contributed by atoms with Crippen molar-refractivity contribution in [3.05, 3.63) is 35.9 Å². The van der Waals surface area contributed by atoms with Crippen LogP contribution in [0.5, 0.6) is 0 Å². The van der Waals surface area contributed by atoms with Crippen LogP contribution in [0.1, 0.15) is 12.5 Å². The first-order chi connectivity index (χ1) is 9.47. The molecule has 20 heavy (non-hydrogen) atoms. The fraction of sp³-hybridized carbons (Fsp3) is 0.308. The molecule has 2 amide bonds. The predicted octanol–water partition coefficient (Wildman–Crippen LogP) is 0.931. The smallest absolute Gasteiger partial charge is 0.425 e. The van der Waals surface area contributed by atoms with Crippen LogP contribution >= 0.6 is 0 Å². The maximum absolute atomic E-state index is 12.1. The Labute approximate surface area is 115 Å². The van der Waals surface area contributed by atoms with Gasteiger partial charge in [-0.1, -0.05) is 30.3 Å². The first-order valence-electron chi connectivity index (χ1n) is 6.00. The van der Waals surface area contributed by atoms with Crippen molar-refractivity contribution in [1.82, 2.24) is 10.5 Å². The maximum atomic E-state index is 12.1. The molecule has 0 spiro atoms. The molecule has 7 nitrogen and oxygen atoms in total. The summed E-state index contributed by atoms with van der Waals surface area (Å²) in [5, 5.41) is 13.8. The summed E-state index contributed by atoms with van der Waals surface area (Å²) < 4.78 is 4.99. The average Bonchev–Trinajstić information content (AvgIpc) is 2.64. The molecule has 1 aliphatic rings. The van der Waals surface area contributed by atoms with Crippen molar-refractivity contribution in [2.75, 3.05) is 7.05 Å². The number of likely N-dealkylation sites (N-methyl/N-ethyl adjacent to an activating group) is 1. The minimum absolute atomic E-state index is 0.367. The molecule has 0 bridgehead atoms. The van der Waals surface area contributed by atoms with E-state index >= 15 is 0 Å². The Morgan fingerprint density at radius 2 is 2.10 bits per heavy atom. The fourth-order valence-corrected chi connectivity index (χ4v) is 2.06. The molecule has 1 atom stereocenters. The lowest BCUT2D eigenvalue weighted by molar-refractivity contribution is -0.140. The van der Waals surface area contributed by atoms with Crippen LogP contribution in [0.3, 0.4) is 0 Å². The van der Waals surface area contributed by atoms with Crippen molar-refractivity contribution in [2.45, 2.75) is 18.9 Å². The molecule has 7 heteroatoms. The van der Waals surface area contributed by atoms with Gasteiger partial charge in [-0.2, -0.15) is 5.10 Å². The number of hydrogen-bond donors (Lipinski definition) is 2. The molecule has 1 aromatic rings. The van der Waals surface area contributed by atoms with E-state index in [9.17, 15) is 9.59 Å². The van der Waals surface area contributed by atoms with Crippen molar-refractivity contribution in [3.8, 4) is 0 Å². The highest BCUT2D eigenvalue weighted by Gasteiger charge is 2.49. The van der Waals surface area contributed by atoms with E-state index in [0.29, 0.717) is 12.1 Å². The quantitative estimate of drug-likeness (QED) is 0.635. The van der Waals surface area contributed by atoms with Crippen LogP contribution in [0.25, 0.3) is 0 Å². The zero-order valence-corrected chi connectivity index (χ0v) is 11.2. The molecule has 0 saturated carbocycles. The summed E-state index contributed by atoms with van der Waals surface area (Å²) >= 11 is 0. The molecular formula is C13H15N3O4. The summed E-state index contributed by atoms with van der Waals surface area (Å²) in [7, 11) is 1.48. The van der Waals surface area contributed by atoms with Crippen LogP contribution in [0, 0.1) is 0 Å². The fourth-order valence-electron chi connectivity index (χ4n) is 2.06. The molecule has 0 aromatic heterocycles. The topological polar surface area (TPSA) is 91.2 Å². The molecular weight excluding hydrogens is 262 g/mol. The molecule has 0 fully saturated rings. The summed E-state index contributed by atoms with van der Waals surface area (Å²) in [4.78, 5) is 23.3. The van der Waals surface area contributed by atoms with Gasteiger partial charge in [0.1, 0.15) is 0 Å². The van der Waals surface area contributed by atoms with Gasteiger partial charge in [-0.3, -0.25) is 10.0 Å². The zero-order valence-electron chi connectivity index (χ0n) is 11.2. The summed E-state index contributed by atoms with van der Waals surface area (Å²) in [5.74, 6) is -0.466. The van der Waals surface area contributed by atoms with E-state index in [0.717, 1.165) is 10.6 Å². The van der Waals surface area contributed by atoms with E-state index in [1.807, 2.05) is 30.3 Å². The average molecular weight is 277 g/mol. The van der Waals surface area contributed by atoms with Gasteiger partial charge in [0.15, 0.2) is 0 Å². The number of hydrogen-bond acceptors (Lipinski definition) is 5. The summed E-state index contributed by atoms with van der Waals surface area (Å²) in [6.07, 6.45) is -0.733. The van der Waals surface area contributed by atoms with Gasteiger partial charge in [0.05, 0.1) is 5.71 Å². The Morgan fingerprint density at radius 1 is 1.45 bits per heavy atom. The van der Waals surface area contributed by atoms with Gasteiger partial charge < -0.3 is 4.74 Å². The SMILES string of the molecule is CN1N=C(Cc2ccccc2)C(C)(OC(=O)NO)C1=O. The summed E-state index contributed by atoms with van der Waals surface area (Å²) in [6.45, 7) is 1.45. The minimum atomic E-state index is -1.52. The number of nitrogens with one attached hydrogen (secondary N) is 1. The molecule has 1 unspecified atom stereocenters. The molecule has 0 saturated heterocycles. The van der Waals surface area contributed by atoms with Crippen molar-refractivity contribution in [3.63, 3.8) is 0 Å². The lowest BCUT2D eigenvalue weighted by Gasteiger charge is -2.23. The number of rotatable bonds is 3. The van der Waals surface area contributed by atoms with E-state index in [2.05, 4.69) is 5.10 Å². The molecule has 1 aliphatic heterocycles. The second kappa shape index (κ2) is 5.30. The van der Waals surface area contributed by atoms with E-state index < -0.39 is 17.6 Å². The Hall–Kier alpha value is -2.41. The number of benzene rings is 1. The molecule has 1 aromatic carbocycles. The minimum Gasteiger partial charge on any atom is -0.425 e. The third kappa shape index (κ3) is 2.48. The predicted molar refractivity (Wildman–Crippen MR) is 70.2 cm³/mol. The number of nitrogens with zero attached hydrogens (tertiary/aromatic N) is 2. The van der Waals surface area contributed by atoms with Crippen molar-refractivity contribution < 1.29 is 19.5 Å². The molecule has 0 radical (unpaired) electrons. The molecule has 106 valence electrons. The highest BCUT2D eigenvalue weighted by atomic mass is 16.6. The lowest BCUT2D eigenvalue weighted by atomic mass is 9.94. The van der Waals surface area contributed by atoms with E-state index in [1.165, 1.54) is 19.5 Å². The van der Waals surface area contributed by atoms with Gasteiger partial charge in [-0.15, -0.1) is 0 Å². The first kappa shape index (κ1) is 14.0. The van der Waals surface area contributed by atoms with E-state index in [-0.39, 0.29) is 0 Å². The normalized spacial score (nSPS) is 21.6. The van der Waals surface area contributed by atoms with Crippen molar-refractivity contribution >= 4 is 17.7 Å². The third-order valence-corrected chi connectivity index (χ3v) is 3.13. The van der Waals surface area contributed by atoms with Crippen LogP contribution in [0.2, 0.25) is 0 Å². The highest BCUT2D eigenvalue weighted by molar-refractivity contribution is 6.16. The van der Waals surface area contributed by atoms with Gasteiger partial charge in [-0.05, 0) is 12.5 Å². The number of amides is 2. The monoisotopic (exact) mass is 277 g/mol. The Bertz CT molecular complexity index is 558. The number of carbonyl (C=O) groups excluding carboxylic acids is 2. The largest absolute Gasteiger partial charge is 0.432 e. The lowest BCUT2D eigenvalue weighted by Crippen LogP contribution is -2.49. The van der Waals surface area contributed by atoms with Gasteiger partial charge in [-0.25, -0.2) is 15.3 Å². The highest BCUT2D eigenvalue weighted by Crippen LogP contribution is 2.25. The second-order valence-corrected chi connectivity index (χ2v) is 4.57. The molecule has 1 heterocycles. The van der Waals surface area contributed by atoms with Crippen LogP contribution < -0.4 is 5.48 Å². The van der Waals surface area contributed by atoms with Gasteiger partial charge in [0, 0.05) is 13.5 Å². The van der Waals surface area contributed by atoms with Crippen LogP contribution in [0.4, 0.5) is 4.79 Å². The van der Waals surface area contributed by atoms with Crippen molar-refractivity contribution in [1.29, 1.82) is 0 Å². The summed E-state index contributed by atoms with van der Waals surface area (Å²) in [6, 6.07) is 9.39. The van der Waals surface area contributed by atoms with Crippen molar-refractivity contribution in [2.24, 2.45) is 5.10 Å². The first-order valence-corrected chi connectivity index (χ1v) is 6.00. The molecule has 2 rings (SSSR count). The Kier molecular flexibility index (Phi) is 3.71. The number of hydroxylamine groups is 1. The van der Waals surface area contributed by atoms with Crippen LogP contribution in [-0.4, -0.2) is 40.6 Å². The van der Waals surface area contributed by atoms with Gasteiger partial charge >= 0.3 is 6.09 Å². The number of hydrazone groups is 1. The number of carbonyl (C=O) groups is 2.